The maximum atomic E-state index is 13.3. The number of aliphatic hydroxyl groups is 1. The normalized spacial score (nSPS) is 15.1. The van der Waals surface area contributed by atoms with Crippen LogP contribution in [0.5, 0.6) is 11.5 Å². The maximum absolute atomic E-state index is 13.3. The zero-order valence-electron chi connectivity index (χ0n) is 18.2. The molecule has 0 radical (unpaired) electrons. The molecule has 33 heavy (non-hydrogen) atoms. The third-order valence-corrected chi connectivity index (χ3v) is 5.20. The van der Waals surface area contributed by atoms with Crippen LogP contribution in [0.25, 0.3) is 0 Å². The van der Waals surface area contributed by atoms with Gasteiger partial charge in [0.1, 0.15) is 12.2 Å². The molecule has 3 rings (SSSR count). The number of amides is 1. The molecule has 1 aliphatic rings. The van der Waals surface area contributed by atoms with Crippen LogP contribution in [-0.4, -0.2) is 53.7 Å². The molecule has 10 heteroatoms. The lowest BCUT2D eigenvalue weighted by atomic mass is 10.1. The number of benzene rings is 2. The number of aliphatic hydroxyl groups excluding tert-OH is 1. The van der Waals surface area contributed by atoms with Gasteiger partial charge in [0.05, 0.1) is 44.3 Å². The van der Waals surface area contributed by atoms with Crippen LogP contribution >= 0.6 is 0 Å². The molecule has 10 nitrogen and oxygen atoms in total. The molecule has 2 aromatic rings. The Kier molecular flexibility index (Phi) is 7.62. The summed E-state index contributed by atoms with van der Waals surface area (Å²) in [5.74, 6) is -0.918. The number of methoxy groups -OCH3 is 2. The van der Waals surface area contributed by atoms with Crippen molar-refractivity contribution in [3.63, 3.8) is 0 Å². The van der Waals surface area contributed by atoms with E-state index in [0.717, 1.165) is 11.6 Å². The van der Waals surface area contributed by atoms with Gasteiger partial charge in [-0.2, -0.15) is 0 Å². The minimum absolute atomic E-state index is 0.0472. The second-order valence-corrected chi connectivity index (χ2v) is 7.34. The molecule has 1 amide bonds. The van der Waals surface area contributed by atoms with Gasteiger partial charge in [-0.15, -0.1) is 0 Å². The summed E-state index contributed by atoms with van der Waals surface area (Å²) in [7, 11) is 2.62. The predicted molar refractivity (Wildman–Crippen MR) is 117 cm³/mol. The molecule has 1 unspecified atom stereocenters. The highest BCUT2D eigenvalue weighted by Crippen LogP contribution is 2.37. The number of nitro benzene ring substituents is 1. The summed E-state index contributed by atoms with van der Waals surface area (Å²) in [4.78, 5) is 37.1. The zero-order valence-corrected chi connectivity index (χ0v) is 18.2. The first kappa shape index (κ1) is 23.7. The number of carbonyl (C=O) groups is 2. The van der Waals surface area contributed by atoms with Gasteiger partial charge in [0.2, 0.25) is 0 Å². The topological polar surface area (TPSA) is 128 Å². The molecule has 0 aromatic heterocycles. The standard InChI is InChI=1S/C23H24N2O8/c1-31-20-10-18(23(28)24-12-16(8-17(24)13-26)9-22(27)32-2)19(25(29)30)11-21(20)33-14-15-6-4-3-5-7-15/h3-7,10-12,17,26H,8-9,13-14H2,1-2H3. The molecule has 1 N–H and O–H groups in total. The van der Waals surface area contributed by atoms with E-state index < -0.39 is 28.5 Å². The molecule has 0 saturated heterocycles. The average Bonchev–Trinajstić information content (AvgIpc) is 3.24. The third-order valence-electron chi connectivity index (χ3n) is 5.20. The third kappa shape index (κ3) is 5.47. The van der Waals surface area contributed by atoms with Crippen LogP contribution < -0.4 is 9.47 Å². The number of carbonyl (C=O) groups excluding carboxylic acids is 2. The van der Waals surface area contributed by atoms with Gasteiger partial charge < -0.3 is 24.2 Å². The fraction of sp³-hybridized carbons (Fsp3) is 0.304. The number of nitro groups is 1. The molecular weight excluding hydrogens is 432 g/mol. The highest BCUT2D eigenvalue weighted by Gasteiger charge is 2.34. The Morgan fingerprint density at radius 3 is 2.52 bits per heavy atom. The summed E-state index contributed by atoms with van der Waals surface area (Å²) in [6.45, 7) is -0.226. The largest absolute Gasteiger partial charge is 0.493 e. The van der Waals surface area contributed by atoms with Gasteiger partial charge in [-0.1, -0.05) is 30.3 Å². The van der Waals surface area contributed by atoms with Crippen molar-refractivity contribution in [3.8, 4) is 11.5 Å². The molecule has 0 bridgehead atoms. The Balaban J connectivity index is 1.93. The molecule has 1 atom stereocenters. The summed E-state index contributed by atoms with van der Waals surface area (Å²) >= 11 is 0. The van der Waals surface area contributed by atoms with E-state index in [-0.39, 0.29) is 43.1 Å². The highest BCUT2D eigenvalue weighted by atomic mass is 16.6. The van der Waals surface area contributed by atoms with Crippen LogP contribution in [0.2, 0.25) is 0 Å². The van der Waals surface area contributed by atoms with Crippen molar-refractivity contribution < 1.29 is 33.8 Å². The fourth-order valence-electron chi connectivity index (χ4n) is 3.53. The Morgan fingerprint density at radius 1 is 1.18 bits per heavy atom. The van der Waals surface area contributed by atoms with Gasteiger partial charge in [-0.3, -0.25) is 19.7 Å². The van der Waals surface area contributed by atoms with Crippen molar-refractivity contribution in [2.24, 2.45) is 0 Å². The summed E-state index contributed by atoms with van der Waals surface area (Å²) < 4.78 is 15.7. The van der Waals surface area contributed by atoms with Gasteiger partial charge in [0.25, 0.3) is 11.6 Å². The van der Waals surface area contributed by atoms with E-state index in [1.807, 2.05) is 30.3 Å². The highest BCUT2D eigenvalue weighted by molar-refractivity contribution is 6.00. The summed E-state index contributed by atoms with van der Waals surface area (Å²) in [5, 5.41) is 21.5. The molecule has 1 heterocycles. The van der Waals surface area contributed by atoms with Crippen LogP contribution in [0.1, 0.15) is 28.8 Å². The lowest BCUT2D eigenvalue weighted by Crippen LogP contribution is -2.35. The smallest absolute Gasteiger partial charge is 0.309 e. The fourth-order valence-corrected chi connectivity index (χ4v) is 3.53. The van der Waals surface area contributed by atoms with E-state index in [9.17, 15) is 24.8 Å². The predicted octanol–water partition coefficient (Wildman–Crippen LogP) is 2.84. The van der Waals surface area contributed by atoms with Gasteiger partial charge in [-0.05, 0) is 17.6 Å². The van der Waals surface area contributed by atoms with E-state index in [4.69, 9.17) is 9.47 Å². The Morgan fingerprint density at radius 2 is 1.91 bits per heavy atom. The number of hydrogen-bond donors (Lipinski definition) is 1. The van der Waals surface area contributed by atoms with Crippen LogP contribution in [0.3, 0.4) is 0 Å². The van der Waals surface area contributed by atoms with E-state index in [1.54, 1.807) is 0 Å². The Hall–Kier alpha value is -3.92. The second-order valence-electron chi connectivity index (χ2n) is 7.34. The van der Waals surface area contributed by atoms with E-state index in [0.29, 0.717) is 5.57 Å². The molecule has 0 aliphatic carbocycles. The van der Waals surface area contributed by atoms with Crippen LogP contribution in [0.4, 0.5) is 5.69 Å². The number of ether oxygens (including phenoxy) is 3. The van der Waals surface area contributed by atoms with Crippen molar-refractivity contribution in [2.45, 2.75) is 25.5 Å². The molecule has 174 valence electrons. The number of nitrogens with zero attached hydrogens (tertiary/aromatic N) is 2. The quantitative estimate of drug-likeness (QED) is 0.347. The summed E-state index contributed by atoms with van der Waals surface area (Å²) in [6, 6.07) is 11.0. The van der Waals surface area contributed by atoms with Crippen LogP contribution in [0.15, 0.2) is 54.2 Å². The van der Waals surface area contributed by atoms with Gasteiger partial charge in [0.15, 0.2) is 11.5 Å². The monoisotopic (exact) mass is 456 g/mol. The van der Waals surface area contributed by atoms with Crippen molar-refractivity contribution >= 4 is 17.6 Å². The van der Waals surface area contributed by atoms with Crippen molar-refractivity contribution in [3.05, 3.63) is 75.5 Å². The van der Waals surface area contributed by atoms with Gasteiger partial charge in [-0.25, -0.2) is 0 Å². The molecule has 0 fully saturated rings. The first-order valence-electron chi connectivity index (χ1n) is 10.1. The minimum atomic E-state index is -0.700. The molecule has 0 saturated carbocycles. The lowest BCUT2D eigenvalue weighted by Gasteiger charge is -2.22. The van der Waals surface area contributed by atoms with Crippen molar-refractivity contribution in [2.75, 3.05) is 20.8 Å². The van der Waals surface area contributed by atoms with Crippen LogP contribution in [-0.2, 0) is 16.1 Å². The van der Waals surface area contributed by atoms with Gasteiger partial charge >= 0.3 is 5.97 Å². The first-order valence-corrected chi connectivity index (χ1v) is 10.1. The Labute approximate surface area is 190 Å². The molecule has 1 aliphatic heterocycles. The van der Waals surface area contributed by atoms with E-state index in [1.165, 1.54) is 31.4 Å². The number of hydrogen-bond acceptors (Lipinski definition) is 8. The van der Waals surface area contributed by atoms with Crippen LogP contribution in [0, 0.1) is 10.1 Å². The number of esters is 1. The summed E-state index contributed by atoms with van der Waals surface area (Å²) in [5.41, 5.74) is 0.744. The lowest BCUT2D eigenvalue weighted by molar-refractivity contribution is -0.385. The Bertz CT molecular complexity index is 1070. The molecule has 0 spiro atoms. The SMILES string of the molecule is COC(=O)CC1=CN(C(=O)c2cc(OC)c(OCc3ccccc3)cc2[N+](=O)[O-])C(CO)C1. The second kappa shape index (κ2) is 10.6. The maximum Gasteiger partial charge on any atom is 0.309 e. The van der Waals surface area contributed by atoms with E-state index >= 15 is 0 Å². The van der Waals surface area contributed by atoms with Crippen molar-refractivity contribution in [1.82, 2.24) is 4.90 Å². The number of rotatable bonds is 9. The molecular formula is C23H24N2O8. The first-order chi connectivity index (χ1) is 15.9. The average molecular weight is 456 g/mol. The minimum Gasteiger partial charge on any atom is -0.493 e. The zero-order chi connectivity index (χ0) is 24.0. The van der Waals surface area contributed by atoms with Crippen molar-refractivity contribution in [1.29, 1.82) is 0 Å². The molecule has 2 aromatic carbocycles. The van der Waals surface area contributed by atoms with Gasteiger partial charge in [0, 0.05) is 12.3 Å². The van der Waals surface area contributed by atoms with E-state index in [2.05, 4.69) is 4.74 Å². The summed E-state index contributed by atoms with van der Waals surface area (Å²) in [6.07, 6.45) is 1.63.